The van der Waals surface area contributed by atoms with Crippen molar-refractivity contribution in [2.45, 2.75) is 25.7 Å². The number of oxime groups is 1. The largest absolute Gasteiger partial charge is 0.409 e. The van der Waals surface area contributed by atoms with Crippen LogP contribution in [0.25, 0.3) is 0 Å². The van der Waals surface area contributed by atoms with Gasteiger partial charge >= 0.3 is 0 Å². The van der Waals surface area contributed by atoms with Crippen molar-refractivity contribution in [1.29, 1.82) is 0 Å². The molecule has 15 heavy (non-hydrogen) atoms. The second-order valence-corrected chi connectivity index (χ2v) is 3.14. The predicted octanol–water partition coefficient (Wildman–Crippen LogP) is 0.0558. The summed E-state index contributed by atoms with van der Waals surface area (Å²) >= 11 is 0. The van der Waals surface area contributed by atoms with E-state index in [1.54, 1.807) is 7.11 Å². The molecule has 0 aliphatic heterocycles. The van der Waals surface area contributed by atoms with Crippen molar-refractivity contribution >= 4 is 11.7 Å². The molecule has 0 bridgehead atoms. The van der Waals surface area contributed by atoms with E-state index < -0.39 is 0 Å². The van der Waals surface area contributed by atoms with Gasteiger partial charge in [0.25, 0.3) is 0 Å². The normalized spacial score (nSPS) is 11.4. The van der Waals surface area contributed by atoms with Crippen LogP contribution in [-0.4, -0.2) is 37.2 Å². The maximum absolute atomic E-state index is 11.2. The number of nitrogens with one attached hydrogen (secondary N) is 1. The molecule has 0 rings (SSSR count). The maximum Gasteiger partial charge on any atom is 0.220 e. The summed E-state index contributed by atoms with van der Waals surface area (Å²) in [7, 11) is 1.61. The minimum absolute atomic E-state index is 0.00607. The molecule has 0 spiro atoms. The highest BCUT2D eigenvalue weighted by atomic mass is 16.5. The summed E-state index contributed by atoms with van der Waals surface area (Å²) in [6.45, 7) is 1.14. The van der Waals surface area contributed by atoms with E-state index in [9.17, 15) is 4.79 Å². The maximum atomic E-state index is 11.2. The summed E-state index contributed by atoms with van der Waals surface area (Å²) < 4.78 is 4.82. The van der Waals surface area contributed by atoms with E-state index in [0.717, 1.165) is 6.42 Å². The Bertz CT molecular complexity index is 207. The van der Waals surface area contributed by atoms with Gasteiger partial charge in [-0.05, 0) is 12.8 Å². The van der Waals surface area contributed by atoms with E-state index in [1.807, 2.05) is 0 Å². The zero-order valence-electron chi connectivity index (χ0n) is 9.03. The van der Waals surface area contributed by atoms with Gasteiger partial charge in [0, 0.05) is 33.1 Å². The molecule has 6 nitrogen and oxygen atoms in total. The number of carbonyl (C=O) groups excluding carboxylic acids is 1. The third-order valence-electron chi connectivity index (χ3n) is 1.81. The molecular formula is C9H19N3O3. The van der Waals surface area contributed by atoms with Crippen molar-refractivity contribution in [3.63, 3.8) is 0 Å². The van der Waals surface area contributed by atoms with Crippen molar-refractivity contribution in [2.24, 2.45) is 10.9 Å². The molecular weight excluding hydrogens is 198 g/mol. The van der Waals surface area contributed by atoms with Gasteiger partial charge in [0.05, 0.1) is 0 Å². The lowest BCUT2D eigenvalue weighted by molar-refractivity contribution is -0.121. The quantitative estimate of drug-likeness (QED) is 0.176. The molecule has 1 amide bonds. The molecule has 0 saturated carbocycles. The minimum atomic E-state index is 0.00607. The minimum Gasteiger partial charge on any atom is -0.409 e. The van der Waals surface area contributed by atoms with Gasteiger partial charge < -0.3 is 21.0 Å². The molecule has 0 aliphatic rings. The van der Waals surface area contributed by atoms with Crippen LogP contribution >= 0.6 is 0 Å². The summed E-state index contributed by atoms with van der Waals surface area (Å²) in [5, 5.41) is 13.8. The van der Waals surface area contributed by atoms with Gasteiger partial charge in [0.2, 0.25) is 5.91 Å². The number of carbonyl (C=O) groups is 1. The Hall–Kier alpha value is -1.30. The van der Waals surface area contributed by atoms with E-state index in [4.69, 9.17) is 15.7 Å². The number of nitrogens with zero attached hydrogens (tertiary/aromatic N) is 1. The number of hydrogen-bond donors (Lipinski definition) is 3. The summed E-state index contributed by atoms with van der Waals surface area (Å²) in [5.41, 5.74) is 5.26. The van der Waals surface area contributed by atoms with Crippen LogP contribution < -0.4 is 11.1 Å². The summed E-state index contributed by atoms with van der Waals surface area (Å²) in [4.78, 5) is 11.2. The molecule has 0 aromatic carbocycles. The van der Waals surface area contributed by atoms with Crippen LogP contribution in [0.4, 0.5) is 0 Å². The molecule has 4 N–H and O–H groups in total. The third kappa shape index (κ3) is 9.01. The second-order valence-electron chi connectivity index (χ2n) is 3.14. The number of hydrogen-bond acceptors (Lipinski definition) is 4. The molecule has 0 heterocycles. The predicted molar refractivity (Wildman–Crippen MR) is 56.8 cm³/mol. The van der Waals surface area contributed by atoms with Crippen molar-refractivity contribution < 1.29 is 14.7 Å². The van der Waals surface area contributed by atoms with Crippen LogP contribution in [-0.2, 0) is 9.53 Å². The third-order valence-corrected chi connectivity index (χ3v) is 1.81. The first-order valence-corrected chi connectivity index (χ1v) is 4.92. The molecule has 0 aliphatic carbocycles. The Morgan fingerprint density at radius 2 is 2.20 bits per heavy atom. The Kier molecular flexibility index (Phi) is 8.46. The van der Waals surface area contributed by atoms with Crippen LogP contribution in [0.1, 0.15) is 25.7 Å². The Morgan fingerprint density at radius 1 is 1.47 bits per heavy atom. The smallest absolute Gasteiger partial charge is 0.220 e. The highest BCUT2D eigenvalue weighted by Crippen LogP contribution is 1.91. The molecule has 0 radical (unpaired) electrons. The highest BCUT2D eigenvalue weighted by Gasteiger charge is 2.00. The van der Waals surface area contributed by atoms with Gasteiger partial charge in [-0.1, -0.05) is 5.16 Å². The fraction of sp³-hybridized carbons (Fsp3) is 0.778. The fourth-order valence-electron chi connectivity index (χ4n) is 1.01. The Labute approximate surface area is 89.5 Å². The molecule has 0 aromatic rings. The molecule has 88 valence electrons. The first-order valence-electron chi connectivity index (χ1n) is 4.92. The number of rotatable bonds is 8. The summed E-state index contributed by atoms with van der Waals surface area (Å²) in [6.07, 6.45) is 2.35. The van der Waals surface area contributed by atoms with Gasteiger partial charge in [-0.3, -0.25) is 4.79 Å². The first-order chi connectivity index (χ1) is 7.20. The number of methoxy groups -OCH3 is 1. The first kappa shape index (κ1) is 13.7. The van der Waals surface area contributed by atoms with E-state index in [0.29, 0.717) is 32.4 Å². The van der Waals surface area contributed by atoms with E-state index >= 15 is 0 Å². The van der Waals surface area contributed by atoms with E-state index in [2.05, 4.69) is 10.5 Å². The van der Waals surface area contributed by atoms with Crippen LogP contribution in [0, 0.1) is 0 Å². The highest BCUT2D eigenvalue weighted by molar-refractivity contribution is 5.79. The van der Waals surface area contributed by atoms with E-state index in [-0.39, 0.29) is 11.7 Å². The lowest BCUT2D eigenvalue weighted by atomic mass is 10.2. The SMILES string of the molecule is COCCCC(=O)NCCCC(N)=NO. The number of nitrogens with two attached hydrogens (primary N) is 1. The average molecular weight is 217 g/mol. The number of amidine groups is 1. The summed E-state index contributed by atoms with van der Waals surface area (Å²) in [6, 6.07) is 0. The zero-order valence-corrected chi connectivity index (χ0v) is 9.03. The lowest BCUT2D eigenvalue weighted by Gasteiger charge is -2.04. The molecule has 6 heteroatoms. The lowest BCUT2D eigenvalue weighted by Crippen LogP contribution is -2.25. The molecule has 0 aromatic heterocycles. The van der Waals surface area contributed by atoms with Crippen molar-refractivity contribution in [1.82, 2.24) is 5.32 Å². The fourth-order valence-corrected chi connectivity index (χ4v) is 1.01. The van der Waals surface area contributed by atoms with Crippen LogP contribution in [0.2, 0.25) is 0 Å². The average Bonchev–Trinajstić information content (AvgIpc) is 2.24. The number of amides is 1. The van der Waals surface area contributed by atoms with Gasteiger partial charge in [-0.2, -0.15) is 0 Å². The van der Waals surface area contributed by atoms with Crippen LogP contribution in [0.5, 0.6) is 0 Å². The van der Waals surface area contributed by atoms with Gasteiger partial charge in [0.1, 0.15) is 5.84 Å². The van der Waals surface area contributed by atoms with Gasteiger partial charge in [-0.15, -0.1) is 0 Å². The van der Waals surface area contributed by atoms with Crippen LogP contribution in [0.3, 0.4) is 0 Å². The molecule has 0 fully saturated rings. The van der Waals surface area contributed by atoms with E-state index in [1.165, 1.54) is 0 Å². The van der Waals surface area contributed by atoms with Crippen molar-refractivity contribution in [2.75, 3.05) is 20.3 Å². The monoisotopic (exact) mass is 217 g/mol. The second kappa shape index (κ2) is 9.26. The van der Waals surface area contributed by atoms with Gasteiger partial charge in [0.15, 0.2) is 0 Å². The van der Waals surface area contributed by atoms with Crippen molar-refractivity contribution in [3.8, 4) is 0 Å². The van der Waals surface area contributed by atoms with Crippen LogP contribution in [0.15, 0.2) is 5.16 Å². The topological polar surface area (TPSA) is 96.9 Å². The number of ether oxygens (including phenoxy) is 1. The zero-order chi connectivity index (χ0) is 11.5. The summed E-state index contributed by atoms with van der Waals surface area (Å²) in [5.74, 6) is 0.190. The molecule has 0 unspecified atom stereocenters. The standard InChI is InChI=1S/C9H19N3O3/c1-15-7-3-5-9(13)11-6-2-4-8(10)12-14/h14H,2-7H2,1H3,(H2,10,12)(H,11,13). The molecule has 0 saturated heterocycles. The Morgan fingerprint density at radius 3 is 2.80 bits per heavy atom. The molecule has 0 atom stereocenters. The van der Waals surface area contributed by atoms with Gasteiger partial charge in [-0.25, -0.2) is 0 Å². The Balaban J connectivity index is 3.31. The van der Waals surface area contributed by atoms with Crippen molar-refractivity contribution in [3.05, 3.63) is 0 Å².